The summed E-state index contributed by atoms with van der Waals surface area (Å²) >= 11 is 0. The minimum atomic E-state index is -1.02. The summed E-state index contributed by atoms with van der Waals surface area (Å²) in [5.74, 6) is -1.02. The Kier molecular flexibility index (Phi) is 3.05. The molecule has 0 saturated carbocycles. The summed E-state index contributed by atoms with van der Waals surface area (Å²) in [6.07, 6.45) is 0. The number of nitrogens with one attached hydrogen (secondary N) is 1. The fourth-order valence-corrected chi connectivity index (χ4v) is 2.19. The number of benzene rings is 2. The van der Waals surface area contributed by atoms with E-state index in [1.165, 1.54) is 0 Å². The lowest BCUT2D eigenvalue weighted by atomic mass is 9.99. The fraction of sp³-hybridized carbons (Fsp3) is 0. The molecule has 0 aliphatic rings. The predicted octanol–water partition coefficient (Wildman–Crippen LogP) is 3.44. The number of aromatic amines is 1. The average molecular weight is 264 g/mol. The summed E-state index contributed by atoms with van der Waals surface area (Å²) in [4.78, 5) is 11.4. The number of carboxylic acids is 1. The molecule has 3 rings (SSSR count). The van der Waals surface area contributed by atoms with Gasteiger partial charge in [0.25, 0.3) is 0 Å². The Morgan fingerprint density at radius 3 is 2.00 bits per heavy atom. The van der Waals surface area contributed by atoms with Crippen LogP contribution in [0.5, 0.6) is 0 Å². The lowest BCUT2D eigenvalue weighted by Gasteiger charge is -2.04. The lowest BCUT2D eigenvalue weighted by molar-refractivity contribution is 0.0691. The Balaban J connectivity index is 2.25. The molecule has 0 saturated heterocycles. The molecule has 20 heavy (non-hydrogen) atoms. The van der Waals surface area contributed by atoms with Crippen LogP contribution in [0.15, 0.2) is 60.7 Å². The first-order chi connectivity index (χ1) is 9.77. The van der Waals surface area contributed by atoms with E-state index in [4.69, 9.17) is 0 Å². The monoisotopic (exact) mass is 264 g/mol. The second kappa shape index (κ2) is 5.01. The zero-order chi connectivity index (χ0) is 13.9. The summed E-state index contributed by atoms with van der Waals surface area (Å²) < 4.78 is 0. The van der Waals surface area contributed by atoms with E-state index < -0.39 is 5.97 Å². The third kappa shape index (κ3) is 2.07. The number of nitrogens with zero attached hydrogens (tertiary/aromatic N) is 1. The van der Waals surface area contributed by atoms with Crippen LogP contribution in [0, 0.1) is 0 Å². The maximum atomic E-state index is 11.4. The third-order valence-electron chi connectivity index (χ3n) is 3.09. The Morgan fingerprint density at radius 2 is 1.45 bits per heavy atom. The van der Waals surface area contributed by atoms with Gasteiger partial charge in [0.15, 0.2) is 5.69 Å². The maximum Gasteiger partial charge on any atom is 0.354 e. The minimum absolute atomic E-state index is 0.107. The number of H-pyrrole nitrogens is 1. The van der Waals surface area contributed by atoms with Gasteiger partial charge >= 0.3 is 5.97 Å². The highest BCUT2D eigenvalue weighted by molar-refractivity contribution is 5.98. The van der Waals surface area contributed by atoms with E-state index in [0.717, 1.165) is 11.1 Å². The molecule has 4 nitrogen and oxygen atoms in total. The van der Waals surface area contributed by atoms with Crippen molar-refractivity contribution in [2.75, 3.05) is 0 Å². The summed E-state index contributed by atoms with van der Waals surface area (Å²) in [6, 6.07) is 18.9. The SMILES string of the molecule is O=C(O)c1[nH]nc(-c2ccccc2)c1-c1ccccc1. The average Bonchev–Trinajstić information content (AvgIpc) is 2.94. The summed E-state index contributed by atoms with van der Waals surface area (Å²) in [5.41, 5.74) is 3.08. The first-order valence-electron chi connectivity index (χ1n) is 6.20. The molecule has 0 aliphatic heterocycles. The van der Waals surface area contributed by atoms with E-state index in [0.29, 0.717) is 11.3 Å². The molecule has 2 N–H and O–H groups in total. The van der Waals surface area contributed by atoms with Crippen molar-refractivity contribution < 1.29 is 9.90 Å². The smallest absolute Gasteiger partial charge is 0.354 e. The largest absolute Gasteiger partial charge is 0.477 e. The molecule has 2 aromatic carbocycles. The van der Waals surface area contributed by atoms with E-state index in [1.807, 2.05) is 60.7 Å². The maximum absolute atomic E-state index is 11.4. The molecule has 0 bridgehead atoms. The van der Waals surface area contributed by atoms with Gasteiger partial charge in [0.1, 0.15) is 5.69 Å². The van der Waals surface area contributed by atoms with Crippen LogP contribution in [0.4, 0.5) is 0 Å². The predicted molar refractivity (Wildman–Crippen MR) is 76.4 cm³/mol. The zero-order valence-corrected chi connectivity index (χ0v) is 10.6. The van der Waals surface area contributed by atoms with E-state index in [2.05, 4.69) is 10.2 Å². The van der Waals surface area contributed by atoms with Crippen molar-refractivity contribution in [3.63, 3.8) is 0 Å². The van der Waals surface area contributed by atoms with Crippen LogP contribution in [0.2, 0.25) is 0 Å². The molecule has 3 aromatic rings. The molecular formula is C16H12N2O2. The van der Waals surface area contributed by atoms with E-state index in [1.54, 1.807) is 0 Å². The van der Waals surface area contributed by atoms with Gasteiger partial charge in [0.05, 0.1) is 0 Å². The molecule has 0 radical (unpaired) electrons. The zero-order valence-electron chi connectivity index (χ0n) is 10.6. The van der Waals surface area contributed by atoms with Gasteiger partial charge in [-0.05, 0) is 5.56 Å². The number of hydrogen-bond donors (Lipinski definition) is 2. The normalized spacial score (nSPS) is 10.4. The van der Waals surface area contributed by atoms with Crippen molar-refractivity contribution in [1.82, 2.24) is 10.2 Å². The van der Waals surface area contributed by atoms with Gasteiger partial charge in [-0.2, -0.15) is 5.10 Å². The Hall–Kier alpha value is -2.88. The van der Waals surface area contributed by atoms with Crippen LogP contribution >= 0.6 is 0 Å². The number of aromatic nitrogens is 2. The third-order valence-corrected chi connectivity index (χ3v) is 3.09. The molecule has 98 valence electrons. The van der Waals surface area contributed by atoms with Crippen molar-refractivity contribution in [2.24, 2.45) is 0 Å². The van der Waals surface area contributed by atoms with Gasteiger partial charge < -0.3 is 5.11 Å². The summed E-state index contributed by atoms with van der Waals surface area (Å²) in [6.45, 7) is 0. The Bertz CT molecular complexity index is 734. The van der Waals surface area contributed by atoms with Gasteiger partial charge in [-0.1, -0.05) is 60.7 Å². The van der Waals surface area contributed by atoms with Gasteiger partial charge in [-0.3, -0.25) is 5.10 Å². The molecule has 0 spiro atoms. The van der Waals surface area contributed by atoms with E-state index in [9.17, 15) is 9.90 Å². The van der Waals surface area contributed by atoms with Crippen LogP contribution in [0.3, 0.4) is 0 Å². The molecule has 1 aromatic heterocycles. The van der Waals surface area contributed by atoms with Gasteiger partial charge in [-0.15, -0.1) is 0 Å². The van der Waals surface area contributed by atoms with Crippen LogP contribution in [-0.2, 0) is 0 Å². The molecular weight excluding hydrogens is 252 g/mol. The molecule has 1 heterocycles. The van der Waals surface area contributed by atoms with Gasteiger partial charge in [0, 0.05) is 11.1 Å². The van der Waals surface area contributed by atoms with Crippen LogP contribution in [-0.4, -0.2) is 21.3 Å². The molecule has 0 aliphatic carbocycles. The van der Waals surface area contributed by atoms with Gasteiger partial charge in [-0.25, -0.2) is 4.79 Å². The van der Waals surface area contributed by atoms with Crippen molar-refractivity contribution in [3.8, 4) is 22.4 Å². The van der Waals surface area contributed by atoms with Crippen LogP contribution < -0.4 is 0 Å². The number of hydrogen-bond acceptors (Lipinski definition) is 2. The highest BCUT2D eigenvalue weighted by Crippen LogP contribution is 2.32. The number of aromatic carboxylic acids is 1. The summed E-state index contributed by atoms with van der Waals surface area (Å²) in [5, 5.41) is 16.1. The molecule has 0 amide bonds. The minimum Gasteiger partial charge on any atom is -0.477 e. The first kappa shape index (κ1) is 12.2. The van der Waals surface area contributed by atoms with Gasteiger partial charge in [0.2, 0.25) is 0 Å². The van der Waals surface area contributed by atoms with Crippen molar-refractivity contribution in [1.29, 1.82) is 0 Å². The van der Waals surface area contributed by atoms with Crippen molar-refractivity contribution >= 4 is 5.97 Å². The number of carboxylic acid groups (broad SMARTS) is 1. The summed E-state index contributed by atoms with van der Waals surface area (Å²) in [7, 11) is 0. The molecule has 0 atom stereocenters. The Morgan fingerprint density at radius 1 is 0.900 bits per heavy atom. The van der Waals surface area contributed by atoms with Crippen molar-refractivity contribution in [3.05, 3.63) is 66.4 Å². The highest BCUT2D eigenvalue weighted by atomic mass is 16.4. The first-order valence-corrected chi connectivity index (χ1v) is 6.20. The molecule has 0 fully saturated rings. The topological polar surface area (TPSA) is 66.0 Å². The quantitative estimate of drug-likeness (QED) is 0.761. The highest BCUT2D eigenvalue weighted by Gasteiger charge is 2.20. The van der Waals surface area contributed by atoms with E-state index in [-0.39, 0.29) is 5.69 Å². The molecule has 4 heteroatoms. The second-order valence-corrected chi connectivity index (χ2v) is 4.36. The Labute approximate surface area is 115 Å². The fourth-order valence-electron chi connectivity index (χ4n) is 2.19. The number of carbonyl (C=O) groups is 1. The number of rotatable bonds is 3. The van der Waals surface area contributed by atoms with Crippen LogP contribution in [0.1, 0.15) is 10.5 Å². The molecule has 0 unspecified atom stereocenters. The van der Waals surface area contributed by atoms with Crippen LogP contribution in [0.25, 0.3) is 22.4 Å². The lowest BCUT2D eigenvalue weighted by Crippen LogP contribution is -1.99. The van der Waals surface area contributed by atoms with E-state index >= 15 is 0 Å². The van der Waals surface area contributed by atoms with Crippen molar-refractivity contribution in [2.45, 2.75) is 0 Å². The second-order valence-electron chi connectivity index (χ2n) is 4.36. The standard InChI is InChI=1S/C16H12N2O2/c19-16(20)15-13(11-7-3-1-4-8-11)14(17-18-15)12-9-5-2-6-10-12/h1-10H,(H,17,18)(H,19,20).